The first kappa shape index (κ1) is 11.9. The summed E-state index contributed by atoms with van der Waals surface area (Å²) in [5, 5.41) is 8.94. The molecule has 0 aromatic heterocycles. The zero-order valence-electron chi connectivity index (χ0n) is 9.63. The van der Waals surface area contributed by atoms with Crippen LogP contribution in [0.2, 0.25) is 0 Å². The SMILES string of the molecule is COCC1CN(c2ccc(CO)cc2)C(=O)O1. The van der Waals surface area contributed by atoms with E-state index in [1.165, 1.54) is 0 Å². The second kappa shape index (κ2) is 5.16. The van der Waals surface area contributed by atoms with Crippen molar-refractivity contribution in [1.29, 1.82) is 0 Å². The molecule has 0 saturated carbocycles. The third-order valence-corrected chi connectivity index (χ3v) is 2.66. The molecule has 1 amide bonds. The van der Waals surface area contributed by atoms with E-state index < -0.39 is 0 Å². The smallest absolute Gasteiger partial charge is 0.414 e. The van der Waals surface area contributed by atoms with Crippen LogP contribution in [-0.4, -0.2) is 37.6 Å². The highest BCUT2D eigenvalue weighted by Crippen LogP contribution is 2.22. The zero-order valence-corrected chi connectivity index (χ0v) is 9.63. The number of benzene rings is 1. The molecule has 0 aliphatic carbocycles. The topological polar surface area (TPSA) is 59.0 Å². The number of hydrogen-bond acceptors (Lipinski definition) is 4. The standard InChI is InChI=1S/C12H15NO4/c1-16-8-11-6-13(12(15)17-11)10-4-2-9(7-14)3-5-10/h2-5,11,14H,6-8H2,1H3. The highest BCUT2D eigenvalue weighted by atomic mass is 16.6. The number of methoxy groups -OCH3 is 1. The van der Waals surface area contributed by atoms with Gasteiger partial charge in [0.25, 0.3) is 0 Å². The Morgan fingerprint density at radius 3 is 2.76 bits per heavy atom. The van der Waals surface area contributed by atoms with Gasteiger partial charge >= 0.3 is 6.09 Å². The number of cyclic esters (lactones) is 1. The maximum absolute atomic E-state index is 11.6. The Hall–Kier alpha value is -1.59. The van der Waals surface area contributed by atoms with E-state index in [2.05, 4.69) is 0 Å². The van der Waals surface area contributed by atoms with E-state index in [9.17, 15) is 4.79 Å². The molecule has 92 valence electrons. The Morgan fingerprint density at radius 2 is 2.18 bits per heavy atom. The van der Waals surface area contributed by atoms with E-state index in [4.69, 9.17) is 14.6 Å². The van der Waals surface area contributed by atoms with E-state index in [0.29, 0.717) is 13.2 Å². The molecule has 1 unspecified atom stereocenters. The van der Waals surface area contributed by atoms with Gasteiger partial charge in [0, 0.05) is 12.8 Å². The number of rotatable bonds is 4. The van der Waals surface area contributed by atoms with Crippen molar-refractivity contribution in [3.05, 3.63) is 29.8 Å². The second-order valence-corrected chi connectivity index (χ2v) is 3.90. The Bertz CT molecular complexity index is 390. The fourth-order valence-corrected chi connectivity index (χ4v) is 1.79. The van der Waals surface area contributed by atoms with E-state index >= 15 is 0 Å². The molecule has 0 spiro atoms. The Morgan fingerprint density at radius 1 is 1.47 bits per heavy atom. The summed E-state index contributed by atoms with van der Waals surface area (Å²) in [6.07, 6.45) is -0.575. The Labute approximate surface area is 99.6 Å². The molecule has 1 N–H and O–H groups in total. The molecular formula is C12H15NO4. The van der Waals surface area contributed by atoms with E-state index in [1.807, 2.05) is 0 Å². The van der Waals surface area contributed by atoms with Crippen molar-refractivity contribution >= 4 is 11.8 Å². The van der Waals surface area contributed by atoms with Crippen LogP contribution in [-0.2, 0) is 16.1 Å². The first-order valence-electron chi connectivity index (χ1n) is 5.41. The summed E-state index contributed by atoms with van der Waals surface area (Å²) >= 11 is 0. The fourth-order valence-electron chi connectivity index (χ4n) is 1.79. The molecule has 1 aliphatic heterocycles. The third-order valence-electron chi connectivity index (χ3n) is 2.66. The van der Waals surface area contributed by atoms with Crippen LogP contribution in [0.4, 0.5) is 10.5 Å². The molecule has 1 heterocycles. The first-order valence-corrected chi connectivity index (χ1v) is 5.41. The van der Waals surface area contributed by atoms with Crippen molar-refractivity contribution in [2.75, 3.05) is 25.2 Å². The largest absolute Gasteiger partial charge is 0.441 e. The van der Waals surface area contributed by atoms with Crippen LogP contribution in [0, 0.1) is 0 Å². The van der Waals surface area contributed by atoms with Crippen molar-refractivity contribution in [2.45, 2.75) is 12.7 Å². The van der Waals surface area contributed by atoms with Crippen molar-refractivity contribution in [1.82, 2.24) is 0 Å². The second-order valence-electron chi connectivity index (χ2n) is 3.90. The van der Waals surface area contributed by atoms with Crippen molar-refractivity contribution < 1.29 is 19.4 Å². The maximum atomic E-state index is 11.6. The van der Waals surface area contributed by atoms with Gasteiger partial charge in [0.05, 0.1) is 19.8 Å². The van der Waals surface area contributed by atoms with Crippen LogP contribution in [0.25, 0.3) is 0 Å². The van der Waals surface area contributed by atoms with Gasteiger partial charge in [-0.15, -0.1) is 0 Å². The summed E-state index contributed by atoms with van der Waals surface area (Å²) in [6, 6.07) is 7.16. The number of carbonyl (C=O) groups excluding carboxylic acids is 1. The molecule has 1 atom stereocenters. The number of aliphatic hydroxyl groups excluding tert-OH is 1. The fraction of sp³-hybridized carbons (Fsp3) is 0.417. The van der Waals surface area contributed by atoms with Gasteiger partial charge in [-0.05, 0) is 17.7 Å². The molecule has 2 rings (SSSR count). The minimum atomic E-state index is -0.358. The lowest BCUT2D eigenvalue weighted by atomic mass is 10.2. The Kier molecular flexibility index (Phi) is 3.61. The third kappa shape index (κ3) is 2.57. The van der Waals surface area contributed by atoms with Crippen LogP contribution in [0.1, 0.15) is 5.56 Å². The number of hydrogen-bond donors (Lipinski definition) is 1. The van der Waals surface area contributed by atoms with E-state index in [1.54, 1.807) is 36.3 Å². The lowest BCUT2D eigenvalue weighted by Gasteiger charge is -2.13. The predicted octanol–water partition coefficient (Wildman–Crippen LogP) is 1.15. The molecular weight excluding hydrogens is 222 g/mol. The lowest BCUT2D eigenvalue weighted by molar-refractivity contribution is 0.0718. The number of anilines is 1. The maximum Gasteiger partial charge on any atom is 0.414 e. The molecule has 1 aromatic rings. The van der Waals surface area contributed by atoms with Crippen LogP contribution in [0.15, 0.2) is 24.3 Å². The predicted molar refractivity (Wildman–Crippen MR) is 61.9 cm³/mol. The highest BCUT2D eigenvalue weighted by molar-refractivity contribution is 5.89. The van der Waals surface area contributed by atoms with Gasteiger partial charge in [-0.25, -0.2) is 4.79 Å². The molecule has 1 aromatic carbocycles. The van der Waals surface area contributed by atoms with Crippen LogP contribution in [0.5, 0.6) is 0 Å². The highest BCUT2D eigenvalue weighted by Gasteiger charge is 2.32. The summed E-state index contributed by atoms with van der Waals surface area (Å²) in [5.41, 5.74) is 1.58. The van der Waals surface area contributed by atoms with Gasteiger partial charge in [0.2, 0.25) is 0 Å². The van der Waals surface area contributed by atoms with Gasteiger partial charge < -0.3 is 14.6 Å². The van der Waals surface area contributed by atoms with Crippen LogP contribution < -0.4 is 4.90 Å². The molecule has 0 radical (unpaired) electrons. The molecule has 1 aliphatic rings. The summed E-state index contributed by atoms with van der Waals surface area (Å²) in [4.78, 5) is 13.2. The quantitative estimate of drug-likeness (QED) is 0.853. The normalized spacial score (nSPS) is 19.5. The average Bonchev–Trinajstić information content (AvgIpc) is 2.71. The molecule has 0 bridgehead atoms. The molecule has 17 heavy (non-hydrogen) atoms. The summed E-state index contributed by atoms with van der Waals surface area (Å²) < 4.78 is 10.1. The van der Waals surface area contributed by atoms with Crippen LogP contribution in [0.3, 0.4) is 0 Å². The number of amides is 1. The average molecular weight is 237 g/mol. The van der Waals surface area contributed by atoms with Gasteiger partial charge in [-0.1, -0.05) is 12.1 Å². The van der Waals surface area contributed by atoms with Crippen LogP contribution >= 0.6 is 0 Å². The van der Waals surface area contributed by atoms with E-state index in [-0.39, 0.29) is 18.8 Å². The number of carbonyl (C=O) groups is 1. The summed E-state index contributed by atoms with van der Waals surface area (Å²) in [6.45, 7) is 0.888. The van der Waals surface area contributed by atoms with Crippen molar-refractivity contribution in [3.63, 3.8) is 0 Å². The summed E-state index contributed by atoms with van der Waals surface area (Å²) in [5.74, 6) is 0. The molecule has 5 nitrogen and oxygen atoms in total. The number of nitrogens with zero attached hydrogens (tertiary/aromatic N) is 1. The monoisotopic (exact) mass is 237 g/mol. The Balaban J connectivity index is 2.08. The zero-order chi connectivity index (χ0) is 12.3. The van der Waals surface area contributed by atoms with E-state index in [0.717, 1.165) is 11.3 Å². The summed E-state index contributed by atoms with van der Waals surface area (Å²) in [7, 11) is 1.58. The first-order chi connectivity index (χ1) is 8.24. The lowest BCUT2D eigenvalue weighted by Crippen LogP contribution is -2.25. The number of ether oxygens (including phenoxy) is 2. The molecule has 5 heteroatoms. The minimum absolute atomic E-state index is 0.00295. The van der Waals surface area contributed by atoms with Crippen molar-refractivity contribution in [3.8, 4) is 0 Å². The minimum Gasteiger partial charge on any atom is -0.441 e. The van der Waals surface area contributed by atoms with Gasteiger partial charge in [-0.2, -0.15) is 0 Å². The van der Waals surface area contributed by atoms with Gasteiger partial charge in [0.15, 0.2) is 0 Å². The molecule has 1 saturated heterocycles. The van der Waals surface area contributed by atoms with Gasteiger partial charge in [-0.3, -0.25) is 4.90 Å². The van der Waals surface area contributed by atoms with Crippen molar-refractivity contribution in [2.24, 2.45) is 0 Å². The van der Waals surface area contributed by atoms with Gasteiger partial charge in [0.1, 0.15) is 6.10 Å². The number of aliphatic hydroxyl groups is 1. The molecule has 1 fully saturated rings.